The van der Waals surface area contributed by atoms with Crippen LogP contribution in [-0.2, 0) is 11.8 Å². The zero-order chi connectivity index (χ0) is 14.3. The van der Waals surface area contributed by atoms with Crippen molar-refractivity contribution < 1.29 is 18.3 Å². The second-order valence-electron chi connectivity index (χ2n) is 4.87. The summed E-state index contributed by atoms with van der Waals surface area (Å²) in [6.07, 6.45) is -3.68. The molecule has 0 bridgehead atoms. The van der Waals surface area contributed by atoms with Gasteiger partial charge in [-0.15, -0.1) is 0 Å². The van der Waals surface area contributed by atoms with Gasteiger partial charge in [-0.3, -0.25) is 0 Å². The molecule has 2 rings (SSSR count). The smallest absolute Gasteiger partial charge is 0.385 e. The van der Waals surface area contributed by atoms with Gasteiger partial charge in [0.05, 0.1) is 5.60 Å². The van der Waals surface area contributed by atoms with Crippen LogP contribution < -0.4 is 0 Å². The quantitative estimate of drug-likeness (QED) is 0.809. The Labute approximate surface area is 114 Å². The maximum absolute atomic E-state index is 12.5. The third kappa shape index (κ3) is 3.01. The molecule has 106 valence electrons. The first kappa shape index (κ1) is 14.6. The maximum Gasteiger partial charge on any atom is 0.433 e. The summed E-state index contributed by atoms with van der Waals surface area (Å²) in [7, 11) is 1.92. The molecule has 0 atom stereocenters. The molecule has 0 saturated carbocycles. The van der Waals surface area contributed by atoms with Crippen molar-refractivity contribution >= 4 is 11.6 Å². The average molecular weight is 295 g/mol. The Morgan fingerprint density at radius 3 is 2.37 bits per heavy atom. The van der Waals surface area contributed by atoms with Gasteiger partial charge in [0.15, 0.2) is 0 Å². The number of rotatable bonds is 1. The first-order valence-corrected chi connectivity index (χ1v) is 6.25. The van der Waals surface area contributed by atoms with Gasteiger partial charge < -0.3 is 10.0 Å². The summed E-state index contributed by atoms with van der Waals surface area (Å²) in [6.45, 7) is 1.32. The maximum atomic E-state index is 12.5. The van der Waals surface area contributed by atoms with Gasteiger partial charge in [0, 0.05) is 18.7 Å². The SMILES string of the molecule is CN1CCC(O)(c2ccc(C(F)(F)F)nc2Cl)CC1. The van der Waals surface area contributed by atoms with Crippen molar-refractivity contribution in [2.24, 2.45) is 0 Å². The fraction of sp³-hybridized carbons (Fsp3) is 0.583. The van der Waals surface area contributed by atoms with Crippen LogP contribution in [-0.4, -0.2) is 35.1 Å². The molecule has 1 aromatic heterocycles. The van der Waals surface area contributed by atoms with E-state index in [4.69, 9.17) is 11.6 Å². The van der Waals surface area contributed by atoms with Crippen molar-refractivity contribution in [2.75, 3.05) is 20.1 Å². The monoisotopic (exact) mass is 294 g/mol. The van der Waals surface area contributed by atoms with Crippen molar-refractivity contribution in [2.45, 2.75) is 24.6 Å². The minimum absolute atomic E-state index is 0.273. The average Bonchev–Trinajstić information content (AvgIpc) is 2.32. The van der Waals surface area contributed by atoms with Gasteiger partial charge in [-0.25, -0.2) is 4.98 Å². The van der Waals surface area contributed by atoms with E-state index in [1.807, 2.05) is 11.9 Å². The van der Waals surface area contributed by atoms with Gasteiger partial charge >= 0.3 is 6.18 Å². The summed E-state index contributed by atoms with van der Waals surface area (Å²) in [5, 5.41) is 10.2. The number of nitrogens with zero attached hydrogens (tertiary/aromatic N) is 2. The highest BCUT2D eigenvalue weighted by molar-refractivity contribution is 6.30. The standard InChI is InChI=1S/C12H14ClF3N2O/c1-18-6-4-11(19,5-7-18)8-2-3-9(12(14,15)16)17-10(8)13/h2-3,19H,4-7H2,1H3. The third-order valence-electron chi connectivity index (χ3n) is 3.45. The Bertz CT molecular complexity index is 471. The molecule has 1 aromatic rings. The van der Waals surface area contributed by atoms with Gasteiger partial charge in [-0.05, 0) is 26.0 Å². The number of pyridine rings is 1. The van der Waals surface area contributed by atoms with Gasteiger partial charge in [0.1, 0.15) is 10.8 Å². The van der Waals surface area contributed by atoms with E-state index in [2.05, 4.69) is 4.98 Å². The predicted molar refractivity (Wildman–Crippen MR) is 64.9 cm³/mol. The summed E-state index contributed by atoms with van der Waals surface area (Å²) in [5.74, 6) is 0. The zero-order valence-corrected chi connectivity index (χ0v) is 11.1. The zero-order valence-electron chi connectivity index (χ0n) is 10.3. The largest absolute Gasteiger partial charge is 0.433 e. The number of hydrogen-bond donors (Lipinski definition) is 1. The van der Waals surface area contributed by atoms with Crippen molar-refractivity contribution in [1.29, 1.82) is 0 Å². The highest BCUT2D eigenvalue weighted by Crippen LogP contribution is 2.37. The third-order valence-corrected chi connectivity index (χ3v) is 3.74. The number of aliphatic hydroxyl groups is 1. The minimum atomic E-state index is -4.53. The molecule has 1 fully saturated rings. The summed E-state index contributed by atoms with van der Waals surface area (Å²) in [6, 6.07) is 2.08. The summed E-state index contributed by atoms with van der Waals surface area (Å²) in [4.78, 5) is 5.39. The molecule has 2 heterocycles. The number of aromatic nitrogens is 1. The van der Waals surface area contributed by atoms with E-state index in [1.165, 1.54) is 6.07 Å². The number of likely N-dealkylation sites (tertiary alicyclic amines) is 1. The molecule has 0 radical (unpaired) electrons. The second-order valence-corrected chi connectivity index (χ2v) is 5.23. The molecular weight excluding hydrogens is 281 g/mol. The molecule has 1 aliphatic heterocycles. The van der Waals surface area contributed by atoms with E-state index < -0.39 is 17.5 Å². The van der Waals surface area contributed by atoms with Crippen LogP contribution in [0.25, 0.3) is 0 Å². The van der Waals surface area contributed by atoms with Gasteiger partial charge in [0.2, 0.25) is 0 Å². The van der Waals surface area contributed by atoms with E-state index in [9.17, 15) is 18.3 Å². The van der Waals surface area contributed by atoms with Gasteiger partial charge in [0.25, 0.3) is 0 Å². The lowest BCUT2D eigenvalue weighted by molar-refractivity contribution is -0.141. The Kier molecular flexibility index (Phi) is 3.77. The Hall–Kier alpha value is -0.850. The molecule has 0 spiro atoms. The Morgan fingerprint density at radius 2 is 1.89 bits per heavy atom. The Balaban J connectivity index is 2.31. The minimum Gasteiger partial charge on any atom is -0.385 e. The first-order valence-electron chi connectivity index (χ1n) is 5.87. The highest BCUT2D eigenvalue weighted by atomic mass is 35.5. The normalized spacial score (nSPS) is 20.5. The molecule has 0 aliphatic carbocycles. The fourth-order valence-electron chi connectivity index (χ4n) is 2.20. The lowest BCUT2D eigenvalue weighted by Gasteiger charge is -2.37. The van der Waals surface area contributed by atoms with E-state index in [0.717, 1.165) is 6.07 Å². The van der Waals surface area contributed by atoms with Crippen molar-refractivity contribution in [1.82, 2.24) is 9.88 Å². The molecule has 1 saturated heterocycles. The van der Waals surface area contributed by atoms with Crippen LogP contribution in [0.2, 0.25) is 5.15 Å². The van der Waals surface area contributed by atoms with Crippen LogP contribution in [0.1, 0.15) is 24.1 Å². The molecule has 0 amide bonds. The number of halogens is 4. The Morgan fingerprint density at radius 1 is 1.32 bits per heavy atom. The van der Waals surface area contributed by atoms with Crippen LogP contribution in [0, 0.1) is 0 Å². The van der Waals surface area contributed by atoms with E-state index in [0.29, 0.717) is 25.9 Å². The summed E-state index contributed by atoms with van der Waals surface area (Å²) >= 11 is 5.81. The van der Waals surface area contributed by atoms with Gasteiger partial charge in [-0.2, -0.15) is 13.2 Å². The van der Waals surface area contributed by atoms with E-state index in [1.54, 1.807) is 0 Å². The van der Waals surface area contributed by atoms with Crippen LogP contribution in [0.15, 0.2) is 12.1 Å². The van der Waals surface area contributed by atoms with E-state index in [-0.39, 0.29) is 10.7 Å². The molecular formula is C12H14ClF3N2O. The first-order chi connectivity index (χ1) is 8.72. The van der Waals surface area contributed by atoms with Crippen LogP contribution >= 0.6 is 11.6 Å². The fourth-order valence-corrected chi connectivity index (χ4v) is 2.53. The highest BCUT2D eigenvalue weighted by Gasteiger charge is 2.38. The van der Waals surface area contributed by atoms with Crippen molar-refractivity contribution in [3.8, 4) is 0 Å². The van der Waals surface area contributed by atoms with Crippen molar-refractivity contribution in [3.63, 3.8) is 0 Å². The molecule has 7 heteroatoms. The van der Waals surface area contributed by atoms with Crippen molar-refractivity contribution in [3.05, 3.63) is 28.5 Å². The molecule has 0 unspecified atom stereocenters. The number of hydrogen-bond acceptors (Lipinski definition) is 3. The summed E-state index contributed by atoms with van der Waals surface area (Å²) < 4.78 is 37.5. The van der Waals surface area contributed by atoms with Gasteiger partial charge in [-0.1, -0.05) is 17.7 Å². The number of alkyl halides is 3. The molecule has 1 N–H and O–H groups in total. The van der Waals surface area contributed by atoms with Crippen LogP contribution in [0.3, 0.4) is 0 Å². The predicted octanol–water partition coefficient (Wildman–Crippen LogP) is 2.67. The van der Waals surface area contributed by atoms with E-state index >= 15 is 0 Å². The molecule has 19 heavy (non-hydrogen) atoms. The van der Waals surface area contributed by atoms with Crippen LogP contribution in [0.4, 0.5) is 13.2 Å². The lowest BCUT2D eigenvalue weighted by Crippen LogP contribution is -2.41. The molecule has 3 nitrogen and oxygen atoms in total. The van der Waals surface area contributed by atoms with Crippen LogP contribution in [0.5, 0.6) is 0 Å². The molecule has 1 aliphatic rings. The summed E-state index contributed by atoms with van der Waals surface area (Å²) in [5.41, 5.74) is -1.96. The number of piperidine rings is 1. The molecule has 0 aromatic carbocycles. The lowest BCUT2D eigenvalue weighted by atomic mass is 9.85. The second kappa shape index (κ2) is 4.92. The topological polar surface area (TPSA) is 36.4 Å².